The topological polar surface area (TPSA) is 37.3 Å². The van der Waals surface area contributed by atoms with Gasteiger partial charge in [0.25, 0.3) is 0 Å². The Morgan fingerprint density at radius 1 is 2.33 bits per heavy atom. The highest BCUT2D eigenvalue weighted by Crippen LogP contribution is 1.67. The molecule has 0 aromatic rings. The van der Waals surface area contributed by atoms with Crippen molar-refractivity contribution >= 4 is 16.8 Å². The monoisotopic (exact) mass is 114 g/mol. The third kappa shape index (κ3) is 5220. The smallest absolute Gasteiger partial charge is 0.218 e. The Balaban J connectivity index is 0. The molecule has 2 nitrogen and oxygen atoms in total. The summed E-state index contributed by atoms with van der Waals surface area (Å²) in [6, 6.07) is 0. The number of hydrogen-bond acceptors (Lipinski definition) is 2. The highest BCUT2D eigenvalue weighted by molar-refractivity contribution is 6.62. The third-order valence-corrected chi connectivity index (χ3v) is 0. The van der Waals surface area contributed by atoms with Crippen molar-refractivity contribution in [3.05, 3.63) is 0 Å². The van der Waals surface area contributed by atoms with Gasteiger partial charge >= 0.3 is 0 Å². The molecule has 0 aliphatic carbocycles. The number of halogens is 1. The summed E-state index contributed by atoms with van der Waals surface area (Å²) in [5.74, 6) is 0. The Morgan fingerprint density at radius 3 is 2.50 bits per heavy atom. The number of carbonyl (C=O) groups is 1. The normalized spacial score (nSPS) is 17.0. The fraction of sp³-hybridized carbons (Fsp3) is 0.667. The van der Waals surface area contributed by atoms with Gasteiger partial charge in [-0.25, -0.2) is 0 Å². The predicted molar refractivity (Wildman–Crippen MR) is 24.7 cm³/mol. The maximum Gasteiger partial charge on any atom is 0.218 e. The van der Waals surface area contributed by atoms with E-state index in [4.69, 9.17) is 5.54 Å². The van der Waals surface area contributed by atoms with E-state index in [1.54, 1.807) is 0 Å². The summed E-state index contributed by atoms with van der Waals surface area (Å²) in [6.07, 6.45) is 0. The van der Waals surface area contributed by atoms with Crippen LogP contribution in [0, 0.1) is 0 Å². The minimum atomic E-state index is -2.54. The fourth-order valence-corrected chi connectivity index (χ4v) is 0. The van der Waals surface area contributed by atoms with E-state index in [0.717, 1.165) is 0 Å². The molecular formula is C3H7ClO2. The second-order valence-corrected chi connectivity index (χ2v) is 1.00. The van der Waals surface area contributed by atoms with Gasteiger partial charge in [-0.2, -0.15) is 0 Å². The molecule has 3 heteroatoms. The largest absolute Gasteiger partial charge is 0.400 e. The number of aliphatic hydroxyl groups is 1. The van der Waals surface area contributed by atoms with Crippen LogP contribution >= 0.6 is 11.6 Å². The summed E-state index contributed by atoms with van der Waals surface area (Å²) in [5.41, 5.74) is 0. The van der Waals surface area contributed by atoms with E-state index in [9.17, 15) is 4.79 Å². The average Bonchev–Trinajstić information content (AvgIpc) is 1.63. The van der Waals surface area contributed by atoms with E-state index in [-0.39, 0.29) is 5.24 Å². The zero-order valence-corrected chi connectivity index (χ0v) is 3.95. The first kappa shape index (κ1) is 2.28. The van der Waals surface area contributed by atoms with Crippen molar-refractivity contribution in [3.8, 4) is 0 Å². The zero-order valence-electron chi connectivity index (χ0n) is 7.19. The van der Waals surface area contributed by atoms with Crippen LogP contribution in [0.5, 0.6) is 0 Å². The van der Waals surface area contributed by atoms with Crippen LogP contribution in [0.2, 0.25) is 0 Å². The van der Waals surface area contributed by atoms with Crippen LogP contribution in [0.3, 0.4) is 0 Å². The lowest BCUT2D eigenvalue weighted by Crippen LogP contribution is -1.62. The summed E-state index contributed by atoms with van der Waals surface area (Å²) in [5, 5.41) is 2.83. The van der Waals surface area contributed by atoms with Crippen molar-refractivity contribution in [2.24, 2.45) is 0 Å². The van der Waals surface area contributed by atoms with Crippen LogP contribution in [0.15, 0.2) is 0 Å². The summed E-state index contributed by atoms with van der Waals surface area (Å²) >= 11 is 4.64. The first-order valence-corrected chi connectivity index (χ1v) is 1.48. The van der Waals surface area contributed by atoms with E-state index >= 15 is 0 Å². The maximum atomic E-state index is 9.21. The Morgan fingerprint density at radius 2 is 2.50 bits per heavy atom. The van der Waals surface area contributed by atoms with Crippen molar-refractivity contribution < 1.29 is 14.0 Å². The van der Waals surface area contributed by atoms with Gasteiger partial charge in [0.15, 0.2) is 0 Å². The fourth-order valence-electron chi connectivity index (χ4n) is 0. The molecule has 0 saturated heterocycles. The molecule has 0 atom stereocenters. The quantitative estimate of drug-likeness (QED) is 0.463. The molecule has 0 fully saturated rings. The van der Waals surface area contributed by atoms with Gasteiger partial charge < -0.3 is 5.11 Å². The van der Waals surface area contributed by atoms with Crippen molar-refractivity contribution in [1.82, 2.24) is 0 Å². The second-order valence-electron chi connectivity index (χ2n) is 0.470. The summed E-state index contributed by atoms with van der Waals surface area (Å²) in [7, 11) is -2.54. The van der Waals surface area contributed by atoms with E-state index in [1.807, 2.05) is 0 Å². The van der Waals surface area contributed by atoms with Crippen LogP contribution in [-0.2, 0) is 4.79 Å². The number of hydrogen-bond donors (Lipinski definition) is 1. The molecule has 0 aromatic carbocycles. The van der Waals surface area contributed by atoms with Gasteiger partial charge in [-0.3, -0.25) is 4.79 Å². The van der Waals surface area contributed by atoms with Gasteiger partial charge in [-0.1, -0.05) is 0 Å². The molecule has 0 radical (unpaired) electrons. The first-order valence-electron chi connectivity index (χ1n) is 3.01. The molecule has 0 saturated carbocycles. The molecule has 0 amide bonds. The van der Waals surface area contributed by atoms with E-state index in [2.05, 4.69) is 16.7 Å². The van der Waals surface area contributed by atoms with Gasteiger partial charge in [-0.15, -0.1) is 0 Å². The minimum absolute atomic E-state index is 0.361. The molecule has 0 unspecified atom stereocenters. The Hall–Kier alpha value is -0.0800. The highest BCUT2D eigenvalue weighted by Gasteiger charge is 1.67. The van der Waals surface area contributed by atoms with Crippen molar-refractivity contribution in [2.45, 2.75) is 6.92 Å². The van der Waals surface area contributed by atoms with Crippen LogP contribution in [-0.4, -0.2) is 18.8 Å². The maximum absolute atomic E-state index is 9.21. The van der Waals surface area contributed by atoms with Crippen LogP contribution in [0.1, 0.15) is 11.0 Å². The van der Waals surface area contributed by atoms with E-state index < -0.39 is 7.04 Å². The summed E-state index contributed by atoms with van der Waals surface area (Å²) in [6.45, 7) is 1.29. The molecule has 0 rings (SSSR count). The van der Waals surface area contributed by atoms with Gasteiger partial charge in [0.1, 0.15) is 0 Å². The second kappa shape index (κ2) is 8.87. The number of carbonyl (C=O) groups excluding carboxylic acids is 1. The lowest BCUT2D eigenvalue weighted by Gasteiger charge is -1.52. The summed E-state index contributed by atoms with van der Waals surface area (Å²) in [4.78, 5) is 9.21. The molecule has 6 heavy (non-hydrogen) atoms. The minimum Gasteiger partial charge on any atom is -0.400 e. The van der Waals surface area contributed by atoms with Crippen LogP contribution in [0.4, 0.5) is 0 Å². The Bertz CT molecular complexity index is 97.2. The lowest BCUT2D eigenvalue weighted by atomic mass is 10.9. The lowest BCUT2D eigenvalue weighted by molar-refractivity contribution is -0.109. The standard InChI is InChI=1S/C2H3ClO.CH4O/c1-2(3)4;1-2/h1H3;2H,1H3/i;1D3,2D. The molecule has 0 aliphatic heterocycles. The molecule has 0 heterocycles. The molecule has 1 N–H and O–H groups in total. The van der Waals surface area contributed by atoms with E-state index in [0.29, 0.717) is 0 Å². The van der Waals surface area contributed by atoms with Crippen LogP contribution < -0.4 is 0 Å². The highest BCUT2D eigenvalue weighted by atomic mass is 35.5. The molecule has 0 spiro atoms. The SMILES string of the molecule is CC(=O)Cl.[2H]OC([2H])([2H])[2H]. The summed E-state index contributed by atoms with van der Waals surface area (Å²) < 4.78 is 24.1. The zero-order chi connectivity index (χ0) is 8.78. The number of rotatable bonds is 0. The predicted octanol–water partition coefficient (Wildman–Crippen LogP) is 0.380. The molecule has 38 valence electrons. The molecular weight excluding hydrogens is 103 g/mol. The Kier molecular flexibility index (Phi) is 3.38. The molecule has 0 bridgehead atoms. The van der Waals surface area contributed by atoms with Crippen molar-refractivity contribution in [1.29, 1.82) is 1.43 Å². The third-order valence-electron chi connectivity index (χ3n) is 0. The molecule has 0 aliphatic rings. The van der Waals surface area contributed by atoms with Gasteiger partial charge in [0.05, 0.1) is 4.11 Å². The van der Waals surface area contributed by atoms with E-state index in [1.165, 1.54) is 6.92 Å². The van der Waals surface area contributed by atoms with Gasteiger partial charge in [0, 0.05) is 14.0 Å². The molecule has 0 aromatic heterocycles. The van der Waals surface area contributed by atoms with Crippen molar-refractivity contribution in [3.63, 3.8) is 0 Å². The Labute approximate surface area is 47.4 Å². The van der Waals surface area contributed by atoms with Crippen LogP contribution in [0.25, 0.3) is 0 Å². The first-order chi connectivity index (χ1) is 4.29. The average molecular weight is 115 g/mol. The van der Waals surface area contributed by atoms with Gasteiger partial charge in [-0.05, 0) is 11.6 Å². The van der Waals surface area contributed by atoms with Crippen molar-refractivity contribution in [2.75, 3.05) is 7.04 Å². The van der Waals surface area contributed by atoms with Gasteiger partial charge in [0.2, 0.25) is 6.67 Å².